The number of nitrogens with zero attached hydrogens (tertiary/aromatic N) is 2. The van der Waals surface area contributed by atoms with Gasteiger partial charge in [0.2, 0.25) is 0 Å². The van der Waals surface area contributed by atoms with E-state index in [0.29, 0.717) is 18.1 Å². The second-order valence-corrected chi connectivity index (χ2v) is 5.41. The van der Waals surface area contributed by atoms with Crippen LogP contribution in [0.3, 0.4) is 0 Å². The first-order valence-corrected chi connectivity index (χ1v) is 6.88. The molecule has 0 saturated carbocycles. The van der Waals surface area contributed by atoms with E-state index in [1.807, 2.05) is 26.0 Å². The lowest BCUT2D eigenvalue weighted by molar-refractivity contribution is 0.621. The molecule has 1 aromatic carbocycles. The summed E-state index contributed by atoms with van der Waals surface area (Å²) in [6, 6.07) is 6.85. The standard InChI is InChI=1S/C14H16FN3S/c1-9-5-10(2)18-14(17-9)19-13-7-11(3-4-16)6-12(15)8-13/h5-8H,3-4,16H2,1-2H3. The summed E-state index contributed by atoms with van der Waals surface area (Å²) in [5, 5.41) is 0.641. The highest BCUT2D eigenvalue weighted by Gasteiger charge is 2.06. The third-order valence-electron chi connectivity index (χ3n) is 2.54. The fourth-order valence-electron chi connectivity index (χ4n) is 1.84. The predicted octanol–water partition coefficient (Wildman–Crippen LogP) is 2.88. The molecule has 19 heavy (non-hydrogen) atoms. The molecule has 0 atom stereocenters. The molecule has 100 valence electrons. The predicted molar refractivity (Wildman–Crippen MR) is 74.8 cm³/mol. The maximum atomic E-state index is 13.5. The van der Waals surface area contributed by atoms with Crippen LogP contribution < -0.4 is 5.73 Å². The van der Waals surface area contributed by atoms with Crippen molar-refractivity contribution in [2.24, 2.45) is 5.73 Å². The molecule has 0 aliphatic heterocycles. The van der Waals surface area contributed by atoms with E-state index in [4.69, 9.17) is 5.73 Å². The molecule has 0 spiro atoms. The van der Waals surface area contributed by atoms with Crippen LogP contribution in [-0.2, 0) is 6.42 Å². The Hall–Kier alpha value is -1.46. The van der Waals surface area contributed by atoms with Gasteiger partial charge in [-0.15, -0.1) is 0 Å². The second kappa shape index (κ2) is 6.12. The van der Waals surface area contributed by atoms with Crippen LogP contribution in [0.1, 0.15) is 17.0 Å². The molecule has 2 N–H and O–H groups in total. The highest BCUT2D eigenvalue weighted by atomic mass is 32.2. The minimum Gasteiger partial charge on any atom is -0.330 e. The maximum Gasteiger partial charge on any atom is 0.192 e. The summed E-state index contributed by atoms with van der Waals surface area (Å²) < 4.78 is 13.5. The molecule has 0 amide bonds. The molecular weight excluding hydrogens is 261 g/mol. The lowest BCUT2D eigenvalue weighted by atomic mass is 10.1. The number of hydrogen-bond acceptors (Lipinski definition) is 4. The first-order chi connectivity index (χ1) is 9.06. The van der Waals surface area contributed by atoms with Crippen molar-refractivity contribution >= 4 is 11.8 Å². The monoisotopic (exact) mass is 277 g/mol. The van der Waals surface area contributed by atoms with Crippen molar-refractivity contribution < 1.29 is 4.39 Å². The molecule has 2 rings (SSSR count). The summed E-state index contributed by atoms with van der Waals surface area (Å²) in [5.41, 5.74) is 8.22. The van der Waals surface area contributed by atoms with E-state index in [2.05, 4.69) is 9.97 Å². The summed E-state index contributed by atoms with van der Waals surface area (Å²) in [7, 11) is 0. The number of aryl methyl sites for hydroxylation is 2. The van der Waals surface area contributed by atoms with Crippen LogP contribution in [0.4, 0.5) is 4.39 Å². The van der Waals surface area contributed by atoms with Crippen molar-refractivity contribution in [1.82, 2.24) is 9.97 Å². The quantitative estimate of drug-likeness (QED) is 0.873. The van der Waals surface area contributed by atoms with Gasteiger partial charge in [0.15, 0.2) is 5.16 Å². The summed E-state index contributed by atoms with van der Waals surface area (Å²) in [5.74, 6) is -0.252. The van der Waals surface area contributed by atoms with E-state index in [9.17, 15) is 4.39 Å². The Bertz CT molecular complexity index is 567. The zero-order chi connectivity index (χ0) is 13.8. The molecule has 0 fully saturated rings. The van der Waals surface area contributed by atoms with Gasteiger partial charge in [-0.25, -0.2) is 14.4 Å². The summed E-state index contributed by atoms with van der Waals surface area (Å²) in [4.78, 5) is 9.48. The van der Waals surface area contributed by atoms with Crippen LogP contribution in [0, 0.1) is 19.7 Å². The van der Waals surface area contributed by atoms with Crippen LogP contribution in [0.5, 0.6) is 0 Å². The molecule has 2 aromatic rings. The SMILES string of the molecule is Cc1cc(C)nc(Sc2cc(F)cc(CCN)c2)n1. The van der Waals surface area contributed by atoms with Crippen LogP contribution in [0.15, 0.2) is 34.3 Å². The fraction of sp³-hybridized carbons (Fsp3) is 0.286. The first kappa shape index (κ1) is 14.0. The van der Waals surface area contributed by atoms with Gasteiger partial charge in [0.1, 0.15) is 5.82 Å². The molecule has 0 unspecified atom stereocenters. The Morgan fingerprint density at radius 1 is 1.11 bits per heavy atom. The van der Waals surface area contributed by atoms with E-state index in [1.54, 1.807) is 0 Å². The molecule has 0 saturated heterocycles. The van der Waals surface area contributed by atoms with Gasteiger partial charge in [-0.05, 0) is 68.4 Å². The molecular formula is C14H16FN3S. The molecule has 0 bridgehead atoms. The van der Waals surface area contributed by atoms with Crippen molar-refractivity contribution in [3.05, 3.63) is 47.0 Å². The molecule has 1 aromatic heterocycles. The Morgan fingerprint density at radius 2 is 1.79 bits per heavy atom. The summed E-state index contributed by atoms with van der Waals surface area (Å²) in [6.07, 6.45) is 0.666. The molecule has 0 aliphatic rings. The Kier molecular flexibility index (Phi) is 4.50. The van der Waals surface area contributed by atoms with Gasteiger partial charge in [0.05, 0.1) is 0 Å². The third kappa shape index (κ3) is 4.01. The second-order valence-electron chi connectivity index (χ2n) is 4.37. The van der Waals surface area contributed by atoms with Gasteiger partial charge < -0.3 is 5.73 Å². The Morgan fingerprint density at radius 3 is 2.42 bits per heavy atom. The number of nitrogens with two attached hydrogens (primary N) is 1. The van der Waals surface area contributed by atoms with E-state index in [-0.39, 0.29) is 5.82 Å². The lowest BCUT2D eigenvalue weighted by Crippen LogP contribution is -2.03. The van der Waals surface area contributed by atoms with Gasteiger partial charge in [-0.3, -0.25) is 0 Å². The van der Waals surface area contributed by atoms with Gasteiger partial charge >= 0.3 is 0 Å². The highest BCUT2D eigenvalue weighted by Crippen LogP contribution is 2.27. The van der Waals surface area contributed by atoms with Gasteiger partial charge in [0.25, 0.3) is 0 Å². The minimum absolute atomic E-state index is 0.252. The maximum absolute atomic E-state index is 13.5. The van der Waals surface area contributed by atoms with Crippen molar-refractivity contribution in [3.63, 3.8) is 0 Å². The van der Waals surface area contributed by atoms with Crippen molar-refractivity contribution in [1.29, 1.82) is 0 Å². The lowest BCUT2D eigenvalue weighted by Gasteiger charge is -2.06. The number of benzene rings is 1. The fourth-order valence-corrected chi connectivity index (χ4v) is 2.81. The van der Waals surface area contributed by atoms with E-state index < -0.39 is 0 Å². The van der Waals surface area contributed by atoms with Crippen molar-refractivity contribution in [2.75, 3.05) is 6.54 Å². The number of aromatic nitrogens is 2. The molecule has 0 radical (unpaired) electrons. The normalized spacial score (nSPS) is 10.7. The van der Waals surface area contributed by atoms with Crippen LogP contribution in [-0.4, -0.2) is 16.5 Å². The smallest absolute Gasteiger partial charge is 0.192 e. The van der Waals surface area contributed by atoms with E-state index in [1.165, 1.54) is 23.9 Å². The Balaban J connectivity index is 2.27. The van der Waals surface area contributed by atoms with Crippen LogP contribution in [0.2, 0.25) is 0 Å². The van der Waals surface area contributed by atoms with Crippen molar-refractivity contribution in [2.45, 2.75) is 30.3 Å². The topological polar surface area (TPSA) is 51.8 Å². The van der Waals surface area contributed by atoms with E-state index >= 15 is 0 Å². The summed E-state index contributed by atoms with van der Waals surface area (Å²) >= 11 is 1.37. The van der Waals surface area contributed by atoms with Gasteiger partial charge in [-0.1, -0.05) is 0 Å². The largest absolute Gasteiger partial charge is 0.330 e. The molecule has 3 nitrogen and oxygen atoms in total. The van der Waals surface area contributed by atoms with E-state index in [0.717, 1.165) is 21.8 Å². The van der Waals surface area contributed by atoms with Crippen molar-refractivity contribution in [3.8, 4) is 0 Å². The average Bonchev–Trinajstić information content (AvgIpc) is 2.26. The Labute approximate surface area is 116 Å². The zero-order valence-corrected chi connectivity index (χ0v) is 11.8. The molecule has 5 heteroatoms. The average molecular weight is 277 g/mol. The van der Waals surface area contributed by atoms with Gasteiger partial charge in [-0.2, -0.15) is 0 Å². The van der Waals surface area contributed by atoms with Crippen LogP contribution in [0.25, 0.3) is 0 Å². The number of halogens is 1. The number of hydrogen-bond donors (Lipinski definition) is 1. The minimum atomic E-state index is -0.252. The zero-order valence-electron chi connectivity index (χ0n) is 11.0. The summed E-state index contributed by atoms with van der Waals surface area (Å²) in [6.45, 7) is 4.35. The van der Waals surface area contributed by atoms with Crippen LogP contribution >= 0.6 is 11.8 Å². The number of rotatable bonds is 4. The third-order valence-corrected chi connectivity index (χ3v) is 3.37. The first-order valence-electron chi connectivity index (χ1n) is 6.06. The van der Waals surface area contributed by atoms with Gasteiger partial charge in [0, 0.05) is 16.3 Å². The molecule has 0 aliphatic carbocycles. The highest BCUT2D eigenvalue weighted by molar-refractivity contribution is 7.99. The molecule has 1 heterocycles.